The van der Waals surface area contributed by atoms with Gasteiger partial charge in [0.15, 0.2) is 0 Å². The predicted molar refractivity (Wildman–Crippen MR) is 107 cm³/mol. The quantitative estimate of drug-likeness (QED) is 0.453. The second-order valence-electron chi connectivity index (χ2n) is 6.47. The Kier molecular flexibility index (Phi) is 4.55. The highest BCUT2D eigenvalue weighted by Crippen LogP contribution is 2.27. The van der Waals surface area contributed by atoms with Crippen LogP contribution in [0.3, 0.4) is 0 Å². The summed E-state index contributed by atoms with van der Waals surface area (Å²) in [6, 6.07) is 9.51. The van der Waals surface area contributed by atoms with Crippen LogP contribution in [0.1, 0.15) is 41.4 Å². The lowest BCUT2D eigenvalue weighted by atomic mass is 10.0. The Morgan fingerprint density at radius 2 is 1.65 bits per heavy atom. The summed E-state index contributed by atoms with van der Waals surface area (Å²) in [5.74, 6) is -3.57. The molecule has 0 saturated heterocycles. The first kappa shape index (κ1) is 19.5. The number of carbonyl (C=O) groups is 4. The Morgan fingerprint density at radius 1 is 0.935 bits per heavy atom. The molecule has 4 rings (SSSR count). The lowest BCUT2D eigenvalue weighted by molar-refractivity contribution is 0.0697. The maximum Gasteiger partial charge on any atom is 0.337 e. The second kappa shape index (κ2) is 7.22. The first-order chi connectivity index (χ1) is 14.8. The number of aromatic nitrogens is 2. The first-order valence-electron chi connectivity index (χ1n) is 8.76. The van der Waals surface area contributed by atoms with E-state index in [1.807, 2.05) is 4.98 Å². The van der Waals surface area contributed by atoms with Crippen LogP contribution >= 0.6 is 0 Å². The van der Waals surface area contributed by atoms with Gasteiger partial charge in [-0.1, -0.05) is 12.1 Å². The van der Waals surface area contributed by atoms with E-state index in [9.17, 15) is 33.9 Å². The van der Waals surface area contributed by atoms with Crippen molar-refractivity contribution in [3.8, 4) is 0 Å². The van der Waals surface area contributed by atoms with Gasteiger partial charge in [0.05, 0.1) is 22.4 Å². The van der Waals surface area contributed by atoms with E-state index < -0.39 is 34.9 Å². The second-order valence-corrected chi connectivity index (χ2v) is 6.47. The molecule has 154 valence electrons. The molecule has 11 nitrogen and oxygen atoms in total. The number of aromatic carboxylic acids is 1. The molecule has 3 amide bonds. The minimum Gasteiger partial charge on any atom is -0.478 e. The summed E-state index contributed by atoms with van der Waals surface area (Å²) in [4.78, 5) is 77.2. The lowest BCUT2D eigenvalue weighted by Crippen LogP contribution is -2.36. The van der Waals surface area contributed by atoms with Gasteiger partial charge in [-0.15, -0.1) is 0 Å². The number of nitrogens with zero attached hydrogens (tertiary/aromatic N) is 1. The van der Waals surface area contributed by atoms with Crippen molar-refractivity contribution in [2.45, 2.75) is 0 Å². The number of carbonyl (C=O) groups excluding carboxylic acids is 3. The van der Waals surface area contributed by atoms with Gasteiger partial charge < -0.3 is 15.4 Å². The summed E-state index contributed by atoms with van der Waals surface area (Å²) in [6.07, 6.45) is 0.944. The maximum absolute atomic E-state index is 12.8. The molecule has 2 aromatic carbocycles. The van der Waals surface area contributed by atoms with E-state index in [-0.39, 0.29) is 33.6 Å². The van der Waals surface area contributed by atoms with Crippen LogP contribution in [0, 0.1) is 0 Å². The Hall–Kier alpha value is -4.80. The van der Waals surface area contributed by atoms with Crippen LogP contribution in [0.4, 0.5) is 11.4 Å². The van der Waals surface area contributed by atoms with E-state index in [1.165, 1.54) is 36.4 Å². The predicted octanol–water partition coefficient (Wildman–Crippen LogP) is 0.814. The highest BCUT2D eigenvalue weighted by molar-refractivity contribution is 6.34. The molecule has 1 aliphatic heterocycles. The molecule has 1 aliphatic rings. The van der Waals surface area contributed by atoms with Crippen LogP contribution in [0.25, 0.3) is 0 Å². The summed E-state index contributed by atoms with van der Waals surface area (Å²) >= 11 is 0. The molecule has 0 spiro atoms. The number of nitrogens with one attached hydrogen (secondary N) is 3. The van der Waals surface area contributed by atoms with E-state index in [1.54, 1.807) is 6.07 Å². The van der Waals surface area contributed by atoms with Crippen molar-refractivity contribution in [1.82, 2.24) is 9.97 Å². The zero-order chi connectivity index (χ0) is 22.3. The minimum absolute atomic E-state index is 0.00248. The molecule has 2 heterocycles. The molecular weight excluding hydrogens is 408 g/mol. The molecule has 4 N–H and O–H groups in total. The number of amides is 3. The van der Waals surface area contributed by atoms with Gasteiger partial charge in [0.25, 0.3) is 23.3 Å². The van der Waals surface area contributed by atoms with Crippen molar-refractivity contribution in [2.24, 2.45) is 0 Å². The van der Waals surface area contributed by atoms with E-state index >= 15 is 0 Å². The van der Waals surface area contributed by atoms with Crippen LogP contribution in [0.5, 0.6) is 0 Å². The number of anilines is 2. The Bertz CT molecular complexity index is 1400. The highest BCUT2D eigenvalue weighted by atomic mass is 16.4. The normalized spacial score (nSPS) is 12.6. The smallest absolute Gasteiger partial charge is 0.337 e. The van der Waals surface area contributed by atoms with Crippen molar-refractivity contribution < 1.29 is 24.3 Å². The molecule has 3 aromatic rings. The van der Waals surface area contributed by atoms with E-state index in [0.717, 1.165) is 6.20 Å². The third-order valence-corrected chi connectivity index (χ3v) is 4.60. The zero-order valence-corrected chi connectivity index (χ0v) is 15.5. The Morgan fingerprint density at radius 3 is 2.35 bits per heavy atom. The molecule has 1 aromatic heterocycles. The monoisotopic (exact) mass is 420 g/mol. The maximum atomic E-state index is 12.8. The summed E-state index contributed by atoms with van der Waals surface area (Å²) in [5.41, 5.74) is -2.30. The standard InChI is InChI=1S/C20H12N4O7/c25-15(22-13-4-2-1-3-11(13)19(29)30)9-5-6-10-12(7-9)18(28)24(17(10)27)14-8-21-20(31)23-16(14)26/h1-8H,(H,22,25)(H,29,30)(H2,21,23,26,31). The van der Waals surface area contributed by atoms with Crippen molar-refractivity contribution >= 4 is 35.1 Å². The Labute approximate surface area is 172 Å². The summed E-state index contributed by atoms with van der Waals surface area (Å²) < 4.78 is 0. The fraction of sp³-hybridized carbons (Fsp3) is 0. The fourth-order valence-corrected chi connectivity index (χ4v) is 3.14. The van der Waals surface area contributed by atoms with Crippen LogP contribution < -0.4 is 21.5 Å². The average Bonchev–Trinajstić information content (AvgIpc) is 2.98. The number of hydrogen-bond acceptors (Lipinski definition) is 6. The number of hydrogen-bond donors (Lipinski definition) is 4. The number of H-pyrrole nitrogens is 2. The van der Waals surface area contributed by atoms with E-state index in [2.05, 4.69) is 10.3 Å². The van der Waals surface area contributed by atoms with Gasteiger partial charge >= 0.3 is 11.7 Å². The average molecular weight is 420 g/mol. The van der Waals surface area contributed by atoms with Gasteiger partial charge in [-0.25, -0.2) is 14.5 Å². The van der Waals surface area contributed by atoms with Crippen molar-refractivity contribution in [2.75, 3.05) is 10.2 Å². The number of fused-ring (bicyclic) bond motifs is 1. The van der Waals surface area contributed by atoms with Crippen LogP contribution in [0.2, 0.25) is 0 Å². The first-order valence-corrected chi connectivity index (χ1v) is 8.76. The van der Waals surface area contributed by atoms with Gasteiger partial charge in [-0.05, 0) is 30.3 Å². The number of rotatable bonds is 4. The molecule has 31 heavy (non-hydrogen) atoms. The zero-order valence-electron chi connectivity index (χ0n) is 15.5. The summed E-state index contributed by atoms with van der Waals surface area (Å²) in [6.45, 7) is 0. The van der Waals surface area contributed by atoms with Gasteiger partial charge in [-0.3, -0.25) is 24.2 Å². The van der Waals surface area contributed by atoms with Gasteiger partial charge in [-0.2, -0.15) is 0 Å². The van der Waals surface area contributed by atoms with Gasteiger partial charge in [0.2, 0.25) is 0 Å². The van der Waals surface area contributed by atoms with Gasteiger partial charge in [0.1, 0.15) is 5.69 Å². The number of carboxylic acids is 1. The van der Waals surface area contributed by atoms with Crippen LogP contribution in [-0.2, 0) is 0 Å². The van der Waals surface area contributed by atoms with Crippen molar-refractivity contribution in [3.05, 3.63) is 91.8 Å². The van der Waals surface area contributed by atoms with Gasteiger partial charge in [0, 0.05) is 11.8 Å². The number of imide groups is 1. The van der Waals surface area contributed by atoms with Crippen molar-refractivity contribution in [1.29, 1.82) is 0 Å². The SMILES string of the molecule is O=C(Nc1ccccc1C(=O)O)c1ccc2c(c1)C(=O)N(c1c[nH]c(=O)[nH]c1=O)C2=O. The largest absolute Gasteiger partial charge is 0.478 e. The molecule has 0 radical (unpaired) electrons. The van der Waals surface area contributed by atoms with Crippen LogP contribution in [-0.4, -0.2) is 38.8 Å². The number of benzene rings is 2. The summed E-state index contributed by atoms with van der Waals surface area (Å²) in [7, 11) is 0. The lowest BCUT2D eigenvalue weighted by Gasteiger charge is -2.11. The molecule has 0 saturated carbocycles. The number of para-hydroxylation sites is 1. The molecule has 0 atom stereocenters. The number of carboxylic acid groups (broad SMARTS) is 1. The van der Waals surface area contributed by atoms with E-state index in [0.29, 0.717) is 4.90 Å². The highest BCUT2D eigenvalue weighted by Gasteiger charge is 2.38. The Balaban J connectivity index is 1.67. The summed E-state index contributed by atoms with van der Waals surface area (Å²) in [5, 5.41) is 11.7. The minimum atomic E-state index is -1.23. The van der Waals surface area contributed by atoms with Crippen LogP contribution in [0.15, 0.2) is 58.3 Å². The molecule has 11 heteroatoms. The van der Waals surface area contributed by atoms with E-state index in [4.69, 9.17) is 0 Å². The van der Waals surface area contributed by atoms with Crippen molar-refractivity contribution in [3.63, 3.8) is 0 Å². The molecule has 0 unspecified atom stereocenters. The third kappa shape index (κ3) is 3.29. The molecule has 0 bridgehead atoms. The fourth-order valence-electron chi connectivity index (χ4n) is 3.14. The topological polar surface area (TPSA) is 169 Å². The molecular formula is C20H12N4O7. The molecule has 0 fully saturated rings. The number of aromatic amines is 2. The molecule has 0 aliphatic carbocycles. The third-order valence-electron chi connectivity index (χ3n) is 4.60.